The number of carbonyl (C=O) groups is 2. The van der Waals surface area contributed by atoms with Crippen LogP contribution in [0.3, 0.4) is 0 Å². The molecule has 108 valence electrons. The van der Waals surface area contributed by atoms with Crippen LogP contribution in [-0.2, 0) is 19.1 Å². The molecule has 2 atom stereocenters. The molecule has 0 amide bonds. The van der Waals surface area contributed by atoms with Crippen LogP contribution in [-0.4, -0.2) is 36.1 Å². The second kappa shape index (κ2) is 5.12. The molecular weight excluding hydrogens is 272 g/mol. The molecule has 0 bridgehead atoms. The first-order valence-electron chi connectivity index (χ1n) is 6.58. The molecule has 0 radical (unpaired) electrons. The first-order chi connectivity index (χ1) is 10.2. The number of hydrogen-bond donors (Lipinski definition) is 0. The van der Waals surface area contributed by atoms with Crippen LogP contribution >= 0.6 is 0 Å². The third-order valence-electron chi connectivity index (χ3n) is 3.73. The molecular formula is C15H14N2O4. The van der Waals surface area contributed by atoms with Crippen molar-refractivity contribution in [2.75, 3.05) is 14.2 Å². The number of methoxy groups -OCH3 is 2. The Balaban J connectivity index is 2.18. The summed E-state index contributed by atoms with van der Waals surface area (Å²) in [4.78, 5) is 32.9. The van der Waals surface area contributed by atoms with Crippen molar-refractivity contribution in [1.29, 1.82) is 0 Å². The highest BCUT2D eigenvalue weighted by Gasteiger charge is 2.43. The van der Waals surface area contributed by atoms with Gasteiger partial charge in [0.25, 0.3) is 0 Å². The Hall–Kier alpha value is -2.50. The van der Waals surface area contributed by atoms with E-state index in [1.54, 1.807) is 0 Å². The summed E-state index contributed by atoms with van der Waals surface area (Å²) < 4.78 is 9.61. The minimum atomic E-state index is -0.578. The Bertz CT molecular complexity index is 668. The van der Waals surface area contributed by atoms with Crippen molar-refractivity contribution in [3.63, 3.8) is 0 Å². The summed E-state index contributed by atoms with van der Waals surface area (Å²) in [5, 5.41) is 0. The second-order valence-electron chi connectivity index (χ2n) is 4.87. The number of aromatic nitrogens is 2. The van der Waals surface area contributed by atoms with E-state index >= 15 is 0 Å². The molecule has 6 nitrogen and oxygen atoms in total. The van der Waals surface area contributed by atoms with Crippen LogP contribution in [0.2, 0.25) is 0 Å². The number of hydrogen-bond acceptors (Lipinski definition) is 6. The van der Waals surface area contributed by atoms with E-state index in [1.807, 2.05) is 24.3 Å². The highest BCUT2D eigenvalue weighted by Crippen LogP contribution is 2.41. The van der Waals surface area contributed by atoms with Gasteiger partial charge in [0.2, 0.25) is 0 Å². The van der Waals surface area contributed by atoms with Gasteiger partial charge in [-0.1, -0.05) is 12.1 Å². The molecule has 0 spiro atoms. The van der Waals surface area contributed by atoms with Gasteiger partial charge in [0.15, 0.2) is 0 Å². The number of nitrogens with zero attached hydrogens (tertiary/aromatic N) is 2. The fourth-order valence-electron chi connectivity index (χ4n) is 2.70. The third-order valence-corrected chi connectivity index (χ3v) is 3.73. The molecule has 1 heterocycles. The average Bonchev–Trinajstić information content (AvgIpc) is 2.89. The molecule has 0 saturated carbocycles. The average molecular weight is 286 g/mol. The first kappa shape index (κ1) is 13.5. The molecule has 6 heteroatoms. The Labute approximate surface area is 121 Å². The summed E-state index contributed by atoms with van der Waals surface area (Å²) >= 11 is 0. The van der Waals surface area contributed by atoms with Crippen LogP contribution < -0.4 is 0 Å². The van der Waals surface area contributed by atoms with Crippen LogP contribution in [0, 0.1) is 0 Å². The van der Waals surface area contributed by atoms with Crippen LogP contribution in [0.4, 0.5) is 0 Å². The molecule has 1 aliphatic carbocycles. The minimum Gasteiger partial charge on any atom is -0.469 e. The maximum Gasteiger partial charge on any atom is 0.314 e. The summed E-state index contributed by atoms with van der Waals surface area (Å²) in [7, 11) is 2.64. The van der Waals surface area contributed by atoms with Crippen molar-refractivity contribution in [2.24, 2.45) is 0 Å². The predicted octanol–water partition coefficient (Wildman–Crippen LogP) is 1.55. The van der Waals surface area contributed by atoms with E-state index in [-0.39, 0.29) is 6.42 Å². The second-order valence-corrected chi connectivity index (χ2v) is 4.87. The lowest BCUT2D eigenvalue weighted by Gasteiger charge is -2.08. The maximum absolute atomic E-state index is 11.9. The van der Waals surface area contributed by atoms with Crippen molar-refractivity contribution in [2.45, 2.75) is 18.3 Å². The molecule has 1 aromatic carbocycles. The summed E-state index contributed by atoms with van der Waals surface area (Å²) in [6, 6.07) is 7.34. The van der Waals surface area contributed by atoms with Gasteiger partial charge in [-0.3, -0.25) is 9.59 Å². The van der Waals surface area contributed by atoms with Gasteiger partial charge in [-0.25, -0.2) is 9.97 Å². The van der Waals surface area contributed by atoms with E-state index in [0.717, 1.165) is 0 Å². The Morgan fingerprint density at radius 1 is 0.952 bits per heavy atom. The summed E-state index contributed by atoms with van der Waals surface area (Å²) in [6.07, 6.45) is 0.283. The highest BCUT2D eigenvalue weighted by atomic mass is 16.5. The summed E-state index contributed by atoms with van der Waals surface area (Å²) in [5.41, 5.74) is 2.40. The van der Waals surface area contributed by atoms with Crippen LogP contribution in [0.5, 0.6) is 0 Å². The molecule has 1 aliphatic rings. The maximum atomic E-state index is 11.9. The number of ether oxygens (including phenoxy) is 2. The quantitative estimate of drug-likeness (QED) is 0.779. The molecule has 0 N–H and O–H groups in total. The topological polar surface area (TPSA) is 78.4 Å². The van der Waals surface area contributed by atoms with E-state index < -0.39 is 23.8 Å². The molecule has 1 aromatic heterocycles. The van der Waals surface area contributed by atoms with E-state index in [4.69, 9.17) is 9.47 Å². The fourth-order valence-corrected chi connectivity index (χ4v) is 2.70. The van der Waals surface area contributed by atoms with Gasteiger partial charge < -0.3 is 9.47 Å². The van der Waals surface area contributed by atoms with Crippen molar-refractivity contribution >= 4 is 23.0 Å². The van der Waals surface area contributed by atoms with Crippen LogP contribution in [0.1, 0.15) is 29.6 Å². The molecule has 21 heavy (non-hydrogen) atoms. The Morgan fingerprint density at radius 2 is 1.38 bits per heavy atom. The van der Waals surface area contributed by atoms with Gasteiger partial charge in [0.05, 0.1) is 36.6 Å². The number of esters is 2. The molecule has 0 fully saturated rings. The van der Waals surface area contributed by atoms with Gasteiger partial charge in [-0.05, 0) is 18.6 Å². The largest absolute Gasteiger partial charge is 0.469 e. The van der Waals surface area contributed by atoms with E-state index in [1.165, 1.54) is 14.2 Å². The summed E-state index contributed by atoms with van der Waals surface area (Å²) in [6.45, 7) is 0. The molecule has 0 aliphatic heterocycles. The Morgan fingerprint density at radius 3 is 1.76 bits per heavy atom. The minimum absolute atomic E-state index is 0.283. The van der Waals surface area contributed by atoms with Crippen molar-refractivity contribution < 1.29 is 19.1 Å². The van der Waals surface area contributed by atoms with E-state index in [0.29, 0.717) is 22.4 Å². The van der Waals surface area contributed by atoms with Crippen LogP contribution in [0.25, 0.3) is 11.0 Å². The SMILES string of the molecule is COC(=O)[C@H]1C[C@@H](C(=O)OC)c2nc3ccccc3nc21. The monoisotopic (exact) mass is 286 g/mol. The molecule has 0 saturated heterocycles. The van der Waals surface area contributed by atoms with Gasteiger partial charge in [-0.2, -0.15) is 0 Å². The molecule has 3 rings (SSSR count). The zero-order valence-electron chi connectivity index (χ0n) is 11.7. The van der Waals surface area contributed by atoms with E-state index in [9.17, 15) is 9.59 Å². The number of benzene rings is 1. The highest BCUT2D eigenvalue weighted by molar-refractivity contribution is 5.87. The third kappa shape index (κ3) is 2.12. The molecule has 2 aromatic rings. The first-order valence-corrected chi connectivity index (χ1v) is 6.58. The smallest absolute Gasteiger partial charge is 0.314 e. The number of para-hydroxylation sites is 2. The van der Waals surface area contributed by atoms with Crippen molar-refractivity contribution in [3.05, 3.63) is 35.7 Å². The van der Waals surface area contributed by atoms with Gasteiger partial charge in [-0.15, -0.1) is 0 Å². The zero-order chi connectivity index (χ0) is 15.0. The van der Waals surface area contributed by atoms with Crippen molar-refractivity contribution in [1.82, 2.24) is 9.97 Å². The number of fused-ring (bicyclic) bond motifs is 2. The lowest BCUT2D eigenvalue weighted by atomic mass is 10.0. The van der Waals surface area contributed by atoms with Crippen molar-refractivity contribution in [3.8, 4) is 0 Å². The number of rotatable bonds is 2. The number of carbonyl (C=O) groups excluding carboxylic acids is 2. The predicted molar refractivity (Wildman–Crippen MR) is 73.7 cm³/mol. The lowest BCUT2D eigenvalue weighted by molar-refractivity contribution is -0.144. The zero-order valence-corrected chi connectivity index (χ0v) is 11.7. The Kier molecular flexibility index (Phi) is 3.29. The normalized spacial score (nSPS) is 20.1. The lowest BCUT2D eigenvalue weighted by Crippen LogP contribution is -2.15. The van der Waals surface area contributed by atoms with E-state index in [2.05, 4.69) is 9.97 Å². The van der Waals surface area contributed by atoms with Gasteiger partial charge in [0, 0.05) is 0 Å². The fraction of sp³-hybridized carbons (Fsp3) is 0.333. The summed E-state index contributed by atoms with van der Waals surface area (Å²) in [5.74, 6) is -1.98. The van der Waals surface area contributed by atoms with Gasteiger partial charge >= 0.3 is 11.9 Å². The van der Waals surface area contributed by atoms with Gasteiger partial charge in [0.1, 0.15) is 11.8 Å². The van der Waals surface area contributed by atoms with Crippen LogP contribution in [0.15, 0.2) is 24.3 Å². The molecule has 0 unspecified atom stereocenters. The standard InChI is InChI=1S/C15H14N2O4/c1-20-14(18)8-7-9(15(19)21-2)13-12(8)16-10-5-3-4-6-11(10)17-13/h3-6,8-9H,7H2,1-2H3/t8-,9+.